The first-order valence-corrected chi connectivity index (χ1v) is 19.1. The third kappa shape index (κ3) is 15.4. The first-order chi connectivity index (χ1) is 23.6. The van der Waals surface area contributed by atoms with Gasteiger partial charge in [-0.05, 0) is 89.1 Å². The molecule has 0 aliphatic rings. The lowest BCUT2D eigenvalue weighted by atomic mass is 9.98. The van der Waals surface area contributed by atoms with Crippen LogP contribution in [0.3, 0.4) is 0 Å². The highest BCUT2D eigenvalue weighted by molar-refractivity contribution is 7.98. The molecule has 10 heteroatoms. The molecule has 2 aromatic carbocycles. The van der Waals surface area contributed by atoms with Gasteiger partial charge in [0.15, 0.2) is 0 Å². The van der Waals surface area contributed by atoms with E-state index >= 15 is 0 Å². The summed E-state index contributed by atoms with van der Waals surface area (Å²) in [6, 6.07) is 13.6. The molecule has 3 unspecified atom stereocenters. The first-order valence-electron chi connectivity index (χ1n) is 17.7. The molecule has 0 radical (unpaired) electrons. The maximum absolute atomic E-state index is 14.7. The Hall–Kier alpha value is -3.79. The highest BCUT2D eigenvalue weighted by atomic mass is 32.2. The number of carbonyl (C=O) groups is 4. The Morgan fingerprint density at radius 1 is 0.860 bits per heavy atom. The fourth-order valence-electron chi connectivity index (χ4n) is 5.39. The Kier molecular flexibility index (Phi) is 17.6. The van der Waals surface area contributed by atoms with E-state index in [1.54, 1.807) is 70.3 Å². The van der Waals surface area contributed by atoms with E-state index in [2.05, 4.69) is 24.1 Å². The fourth-order valence-corrected chi connectivity index (χ4v) is 5.86. The minimum Gasteiger partial charge on any atom is -0.458 e. The second kappa shape index (κ2) is 20.8. The van der Waals surface area contributed by atoms with E-state index in [9.17, 15) is 19.2 Å². The van der Waals surface area contributed by atoms with Gasteiger partial charge in [0.1, 0.15) is 29.3 Å². The molecule has 0 saturated heterocycles. The Balaban J connectivity index is 2.66. The molecule has 0 spiro atoms. The zero-order valence-electron chi connectivity index (χ0n) is 31.4. The van der Waals surface area contributed by atoms with Gasteiger partial charge in [-0.25, -0.2) is 9.59 Å². The van der Waals surface area contributed by atoms with E-state index in [0.29, 0.717) is 24.2 Å². The molecule has 0 aliphatic heterocycles. The van der Waals surface area contributed by atoms with Crippen molar-refractivity contribution in [2.45, 2.75) is 123 Å². The summed E-state index contributed by atoms with van der Waals surface area (Å²) in [6.07, 6.45) is 8.07. The number of rotatable bonds is 19. The minimum atomic E-state index is -1.12. The molecule has 0 aliphatic carbocycles. The maximum atomic E-state index is 14.7. The van der Waals surface area contributed by atoms with Crippen molar-refractivity contribution >= 4 is 41.7 Å². The fraction of sp³-hybridized carbons (Fsp3) is 0.550. The summed E-state index contributed by atoms with van der Waals surface area (Å²) in [7, 11) is 0. The second-order valence-electron chi connectivity index (χ2n) is 14.5. The SMILES string of the molecule is C=Cc1cccc(C(C(=O)NC(Cc2ccccc2)C(=O)OC(C)(C)C)N(CCCCCCC)C(=O)C(CCSC)NC(=O)OC(C)(C)C)c1. The summed E-state index contributed by atoms with van der Waals surface area (Å²) in [4.78, 5) is 57.5. The van der Waals surface area contributed by atoms with Crippen LogP contribution in [0.1, 0.15) is 110 Å². The van der Waals surface area contributed by atoms with Gasteiger partial charge < -0.3 is 25.0 Å². The van der Waals surface area contributed by atoms with Gasteiger partial charge in [-0.15, -0.1) is 0 Å². The third-order valence-electron chi connectivity index (χ3n) is 7.70. The predicted octanol–water partition coefficient (Wildman–Crippen LogP) is 7.89. The van der Waals surface area contributed by atoms with Crippen molar-refractivity contribution in [2.75, 3.05) is 18.6 Å². The molecule has 276 valence electrons. The number of alkyl carbamates (subject to hydrolysis) is 1. The minimum absolute atomic E-state index is 0.197. The average molecular weight is 710 g/mol. The quantitative estimate of drug-likeness (QED) is 0.113. The zero-order valence-corrected chi connectivity index (χ0v) is 32.2. The van der Waals surface area contributed by atoms with Crippen molar-refractivity contribution in [1.82, 2.24) is 15.5 Å². The Morgan fingerprint density at radius 2 is 1.52 bits per heavy atom. The molecular formula is C40H59N3O6S. The van der Waals surface area contributed by atoms with Crippen molar-refractivity contribution in [2.24, 2.45) is 0 Å². The second-order valence-corrected chi connectivity index (χ2v) is 15.5. The number of hydrogen-bond donors (Lipinski definition) is 2. The van der Waals surface area contributed by atoms with E-state index in [1.165, 1.54) is 0 Å². The van der Waals surface area contributed by atoms with Gasteiger partial charge in [0.25, 0.3) is 0 Å². The van der Waals surface area contributed by atoms with E-state index in [4.69, 9.17) is 9.47 Å². The van der Waals surface area contributed by atoms with Crippen molar-refractivity contribution in [3.8, 4) is 0 Å². The highest BCUT2D eigenvalue weighted by Crippen LogP contribution is 2.26. The lowest BCUT2D eigenvalue weighted by Crippen LogP contribution is -2.55. The third-order valence-corrected chi connectivity index (χ3v) is 8.34. The molecule has 3 amide bonds. The molecule has 50 heavy (non-hydrogen) atoms. The largest absolute Gasteiger partial charge is 0.458 e. The van der Waals surface area contributed by atoms with Crippen molar-refractivity contribution in [3.05, 3.63) is 77.9 Å². The highest BCUT2D eigenvalue weighted by Gasteiger charge is 2.38. The summed E-state index contributed by atoms with van der Waals surface area (Å²) in [5.41, 5.74) is 0.627. The summed E-state index contributed by atoms with van der Waals surface area (Å²) < 4.78 is 11.3. The zero-order chi connectivity index (χ0) is 37.3. The molecule has 0 heterocycles. The molecule has 0 bridgehead atoms. The standard InChI is InChI=1S/C40H59N3O6S/c1-10-12-13-14-18-25-43(36(45)32(24-26-50-9)42-38(47)49-40(6,7)8)34(31-23-19-22-29(11-2)27-31)35(44)41-33(37(46)48-39(3,4)5)28-30-20-16-15-17-21-30/h11,15-17,19-23,27,32-34H,2,10,12-14,18,24-26,28H2,1,3-9H3,(H,41,44)(H,42,47). The van der Waals surface area contributed by atoms with Crippen LogP contribution < -0.4 is 10.6 Å². The molecule has 0 aromatic heterocycles. The van der Waals surface area contributed by atoms with E-state index in [1.807, 2.05) is 54.8 Å². The number of esters is 1. The van der Waals surface area contributed by atoms with Crippen LogP contribution in [0.25, 0.3) is 6.08 Å². The number of nitrogens with one attached hydrogen (secondary N) is 2. The van der Waals surface area contributed by atoms with Gasteiger partial charge in [0, 0.05) is 13.0 Å². The first kappa shape index (κ1) is 42.4. The predicted molar refractivity (Wildman–Crippen MR) is 204 cm³/mol. The van der Waals surface area contributed by atoms with Crippen LogP contribution in [0, 0.1) is 0 Å². The number of thioether (sulfide) groups is 1. The van der Waals surface area contributed by atoms with Crippen LogP contribution in [-0.4, -0.2) is 70.6 Å². The van der Waals surface area contributed by atoms with Gasteiger partial charge in [-0.2, -0.15) is 11.8 Å². The van der Waals surface area contributed by atoms with Crippen molar-refractivity contribution < 1.29 is 28.7 Å². The smallest absolute Gasteiger partial charge is 0.408 e. The summed E-state index contributed by atoms with van der Waals surface area (Å²) in [5, 5.41) is 5.77. The van der Waals surface area contributed by atoms with Gasteiger partial charge in [-0.1, -0.05) is 93.8 Å². The molecule has 2 N–H and O–H groups in total. The lowest BCUT2D eigenvalue weighted by Gasteiger charge is -2.35. The normalized spacial score (nSPS) is 13.4. The van der Waals surface area contributed by atoms with E-state index < -0.39 is 53.2 Å². The van der Waals surface area contributed by atoms with E-state index in [0.717, 1.165) is 36.8 Å². The number of nitrogens with zero attached hydrogens (tertiary/aromatic N) is 1. The molecular weight excluding hydrogens is 651 g/mol. The molecule has 2 rings (SSSR count). The monoisotopic (exact) mass is 709 g/mol. The topological polar surface area (TPSA) is 114 Å². The molecule has 9 nitrogen and oxygen atoms in total. The number of benzene rings is 2. The van der Waals surface area contributed by atoms with Crippen LogP contribution in [0.2, 0.25) is 0 Å². The molecule has 0 saturated carbocycles. The van der Waals surface area contributed by atoms with Gasteiger partial charge in [0.2, 0.25) is 11.8 Å². The van der Waals surface area contributed by atoms with Gasteiger partial charge in [-0.3, -0.25) is 9.59 Å². The number of hydrogen-bond acceptors (Lipinski definition) is 7. The summed E-state index contributed by atoms with van der Waals surface area (Å²) >= 11 is 1.55. The average Bonchev–Trinajstić information content (AvgIpc) is 3.04. The number of carbonyl (C=O) groups excluding carboxylic acids is 4. The molecule has 2 aromatic rings. The molecule has 3 atom stereocenters. The lowest BCUT2D eigenvalue weighted by molar-refractivity contribution is -0.159. The number of amides is 3. The Bertz CT molecular complexity index is 1390. The van der Waals surface area contributed by atoms with Crippen molar-refractivity contribution in [1.29, 1.82) is 0 Å². The van der Waals surface area contributed by atoms with Crippen LogP contribution >= 0.6 is 11.8 Å². The van der Waals surface area contributed by atoms with Gasteiger partial charge in [0.05, 0.1) is 0 Å². The maximum Gasteiger partial charge on any atom is 0.408 e. The summed E-state index contributed by atoms with van der Waals surface area (Å²) in [6.45, 7) is 16.9. The van der Waals surface area contributed by atoms with Crippen LogP contribution in [-0.2, 0) is 30.3 Å². The van der Waals surface area contributed by atoms with Crippen molar-refractivity contribution in [3.63, 3.8) is 0 Å². The van der Waals surface area contributed by atoms with Gasteiger partial charge >= 0.3 is 12.1 Å². The Morgan fingerprint density at radius 3 is 2.12 bits per heavy atom. The number of unbranched alkanes of at least 4 members (excludes halogenated alkanes) is 4. The summed E-state index contributed by atoms with van der Waals surface area (Å²) in [5.74, 6) is -0.908. The number of ether oxygens (including phenoxy) is 2. The Labute approximate surface area is 304 Å². The van der Waals surface area contributed by atoms with Crippen LogP contribution in [0.5, 0.6) is 0 Å². The molecule has 0 fully saturated rings. The van der Waals surface area contributed by atoms with Crippen LogP contribution in [0.15, 0.2) is 61.2 Å². The van der Waals surface area contributed by atoms with E-state index in [-0.39, 0.29) is 13.0 Å². The van der Waals surface area contributed by atoms with Crippen LogP contribution in [0.4, 0.5) is 4.79 Å².